The maximum absolute atomic E-state index is 11.9. The Morgan fingerprint density at radius 3 is 2.88 bits per heavy atom. The number of aryl methyl sites for hydroxylation is 1. The van der Waals surface area contributed by atoms with Gasteiger partial charge >= 0.3 is 0 Å². The van der Waals surface area contributed by atoms with Gasteiger partial charge in [0, 0.05) is 12.0 Å². The van der Waals surface area contributed by atoms with Gasteiger partial charge in [-0.05, 0) is 30.7 Å². The van der Waals surface area contributed by atoms with Crippen LogP contribution < -0.4 is 4.74 Å². The van der Waals surface area contributed by atoms with Crippen molar-refractivity contribution in [1.82, 2.24) is 0 Å². The van der Waals surface area contributed by atoms with E-state index in [0.717, 1.165) is 11.1 Å². The second kappa shape index (κ2) is 6.86. The topological polar surface area (TPSA) is 29.5 Å². The van der Waals surface area contributed by atoms with Crippen molar-refractivity contribution in [2.24, 2.45) is 0 Å². The molecule has 0 aliphatic heterocycles. The summed E-state index contributed by atoms with van der Waals surface area (Å²) in [5, 5.41) is 8.60. The van der Waals surface area contributed by atoms with Crippen molar-refractivity contribution in [3.8, 4) is 17.6 Å². The second-order valence-electron chi connectivity index (χ2n) is 3.29. The number of hydrogen-bond donors (Lipinski definition) is 1. The molecule has 0 aliphatic rings. The fourth-order valence-electron chi connectivity index (χ4n) is 1.24. The van der Waals surface area contributed by atoms with Gasteiger partial charge in [0.05, 0.1) is 6.61 Å². The predicted molar refractivity (Wildman–Crippen MR) is 61.2 cm³/mol. The van der Waals surface area contributed by atoms with Crippen LogP contribution >= 0.6 is 0 Å². The van der Waals surface area contributed by atoms with Crippen LogP contribution in [0.2, 0.25) is 0 Å². The van der Waals surface area contributed by atoms with Gasteiger partial charge in [-0.2, -0.15) is 0 Å². The Bertz CT molecular complexity index is 391. The zero-order valence-corrected chi connectivity index (χ0v) is 9.29. The van der Waals surface area contributed by atoms with Gasteiger partial charge in [0.2, 0.25) is 0 Å². The average Bonchev–Trinajstić information content (AvgIpc) is 2.29. The van der Waals surface area contributed by atoms with Crippen LogP contribution in [-0.4, -0.2) is 25.0 Å². The highest BCUT2D eigenvalue weighted by Crippen LogP contribution is 2.16. The zero-order chi connectivity index (χ0) is 11.8. The molecule has 1 aromatic rings. The highest BCUT2D eigenvalue weighted by atomic mass is 19.1. The summed E-state index contributed by atoms with van der Waals surface area (Å²) in [4.78, 5) is 0. The average molecular weight is 222 g/mol. The molecule has 1 aromatic carbocycles. The highest BCUT2D eigenvalue weighted by Gasteiger charge is 1.98. The van der Waals surface area contributed by atoms with E-state index in [1.165, 1.54) is 0 Å². The minimum atomic E-state index is -0.489. The molecule has 0 heterocycles. The third-order valence-electron chi connectivity index (χ3n) is 2.00. The number of aliphatic hydroxyl groups is 1. The van der Waals surface area contributed by atoms with E-state index in [0.29, 0.717) is 12.2 Å². The minimum absolute atomic E-state index is 0.0732. The van der Waals surface area contributed by atoms with Gasteiger partial charge in [-0.15, -0.1) is 0 Å². The number of alkyl halides is 1. The first-order valence-electron chi connectivity index (χ1n) is 5.17. The predicted octanol–water partition coefficient (Wildman–Crippen LogP) is 2.08. The molecule has 16 heavy (non-hydrogen) atoms. The molecule has 2 nitrogen and oxygen atoms in total. The van der Waals surface area contributed by atoms with Crippen molar-refractivity contribution in [3.63, 3.8) is 0 Å². The number of hydrogen-bond acceptors (Lipinski definition) is 2. The molecule has 1 rings (SSSR count). The smallest absolute Gasteiger partial charge is 0.123 e. The molecule has 0 spiro atoms. The Kier molecular flexibility index (Phi) is 5.38. The second-order valence-corrected chi connectivity index (χ2v) is 3.29. The zero-order valence-electron chi connectivity index (χ0n) is 9.29. The van der Waals surface area contributed by atoms with E-state index >= 15 is 0 Å². The Hall–Kier alpha value is -1.53. The van der Waals surface area contributed by atoms with Gasteiger partial charge in [0.25, 0.3) is 0 Å². The first-order chi connectivity index (χ1) is 7.77. The van der Waals surface area contributed by atoms with Crippen LogP contribution in [0.3, 0.4) is 0 Å². The van der Waals surface area contributed by atoms with Crippen molar-refractivity contribution in [2.75, 3.05) is 19.9 Å². The van der Waals surface area contributed by atoms with E-state index in [1.54, 1.807) is 6.07 Å². The summed E-state index contributed by atoms with van der Waals surface area (Å²) in [6, 6.07) is 5.44. The molecule has 3 heteroatoms. The lowest BCUT2D eigenvalue weighted by Gasteiger charge is -2.05. The van der Waals surface area contributed by atoms with Crippen LogP contribution in [0.25, 0.3) is 0 Å². The summed E-state index contributed by atoms with van der Waals surface area (Å²) in [6.45, 7) is 1.58. The Labute approximate surface area is 95.1 Å². The highest BCUT2D eigenvalue weighted by molar-refractivity contribution is 5.44. The Morgan fingerprint density at radius 1 is 1.44 bits per heavy atom. The van der Waals surface area contributed by atoms with E-state index < -0.39 is 6.67 Å². The van der Waals surface area contributed by atoms with Crippen molar-refractivity contribution in [1.29, 1.82) is 0 Å². The molecule has 0 aliphatic carbocycles. The Balaban J connectivity index is 2.72. The molecule has 0 amide bonds. The maximum atomic E-state index is 11.9. The molecule has 0 aromatic heterocycles. The van der Waals surface area contributed by atoms with Crippen LogP contribution in [0.1, 0.15) is 17.5 Å². The van der Waals surface area contributed by atoms with Crippen molar-refractivity contribution in [2.45, 2.75) is 13.3 Å². The minimum Gasteiger partial charge on any atom is -0.491 e. The van der Waals surface area contributed by atoms with E-state index in [-0.39, 0.29) is 13.2 Å². The molecular weight excluding hydrogens is 207 g/mol. The lowest BCUT2D eigenvalue weighted by atomic mass is 10.1. The van der Waals surface area contributed by atoms with Gasteiger partial charge < -0.3 is 9.84 Å². The third-order valence-corrected chi connectivity index (χ3v) is 2.00. The van der Waals surface area contributed by atoms with E-state index in [2.05, 4.69) is 11.8 Å². The Morgan fingerprint density at radius 2 is 2.25 bits per heavy atom. The molecule has 0 atom stereocenters. The first-order valence-corrected chi connectivity index (χ1v) is 5.17. The van der Waals surface area contributed by atoms with Gasteiger partial charge in [-0.3, -0.25) is 0 Å². The molecule has 0 radical (unpaired) electrons. The maximum Gasteiger partial charge on any atom is 0.123 e. The first kappa shape index (κ1) is 12.5. The summed E-state index contributed by atoms with van der Waals surface area (Å²) in [5.74, 6) is 6.47. The van der Waals surface area contributed by atoms with Crippen molar-refractivity contribution < 1.29 is 14.2 Å². The van der Waals surface area contributed by atoms with E-state index in [4.69, 9.17) is 9.84 Å². The van der Waals surface area contributed by atoms with Crippen LogP contribution in [0.4, 0.5) is 4.39 Å². The standard InChI is InChI=1S/C13H15FO2/c1-11-10-13(16-9-7-14)6-5-12(11)4-2-3-8-15/h5-6,10,15H,3,7-9H2,1H3. The molecule has 0 saturated heterocycles. The van der Waals surface area contributed by atoms with Crippen LogP contribution in [-0.2, 0) is 0 Å². The van der Waals surface area contributed by atoms with Crippen LogP contribution in [0.15, 0.2) is 18.2 Å². The monoisotopic (exact) mass is 222 g/mol. The normalized spacial score (nSPS) is 9.44. The van der Waals surface area contributed by atoms with Crippen LogP contribution in [0.5, 0.6) is 5.75 Å². The molecule has 0 unspecified atom stereocenters. The lowest BCUT2D eigenvalue weighted by molar-refractivity contribution is 0.273. The number of aliphatic hydroxyl groups excluding tert-OH is 1. The summed E-state index contributed by atoms with van der Waals surface area (Å²) < 4.78 is 17.0. The molecule has 0 saturated carbocycles. The van der Waals surface area contributed by atoms with E-state index in [9.17, 15) is 4.39 Å². The molecule has 0 fully saturated rings. The van der Waals surface area contributed by atoms with Gasteiger partial charge in [0.15, 0.2) is 0 Å². The summed E-state index contributed by atoms with van der Waals surface area (Å²) >= 11 is 0. The fourth-order valence-corrected chi connectivity index (χ4v) is 1.24. The lowest BCUT2D eigenvalue weighted by Crippen LogP contribution is -1.99. The molecule has 0 bridgehead atoms. The summed E-state index contributed by atoms with van der Waals surface area (Å²) in [6.07, 6.45) is 0.472. The van der Waals surface area contributed by atoms with Gasteiger partial charge in [0.1, 0.15) is 19.0 Å². The third kappa shape index (κ3) is 3.92. The number of halogens is 1. The fraction of sp³-hybridized carbons (Fsp3) is 0.385. The molecular formula is C13H15FO2. The van der Waals surface area contributed by atoms with Crippen molar-refractivity contribution >= 4 is 0 Å². The SMILES string of the molecule is Cc1cc(OCCF)ccc1C#CCCO. The largest absolute Gasteiger partial charge is 0.491 e. The number of rotatable bonds is 4. The summed E-state index contributed by atoms with van der Waals surface area (Å²) in [7, 11) is 0. The van der Waals surface area contributed by atoms with Crippen LogP contribution in [0, 0.1) is 18.8 Å². The van der Waals surface area contributed by atoms with E-state index in [1.807, 2.05) is 19.1 Å². The van der Waals surface area contributed by atoms with Gasteiger partial charge in [-0.25, -0.2) is 4.39 Å². The van der Waals surface area contributed by atoms with Gasteiger partial charge in [-0.1, -0.05) is 11.8 Å². The van der Waals surface area contributed by atoms with Crippen molar-refractivity contribution in [3.05, 3.63) is 29.3 Å². The quantitative estimate of drug-likeness (QED) is 0.790. The number of benzene rings is 1. The summed E-state index contributed by atoms with van der Waals surface area (Å²) in [5.41, 5.74) is 1.89. The molecule has 86 valence electrons. The molecule has 1 N–H and O–H groups in total. The number of ether oxygens (including phenoxy) is 1.